The van der Waals surface area contributed by atoms with Gasteiger partial charge in [-0.25, -0.2) is 4.58 Å². The smallest absolute Gasteiger partial charge is 0.199 e. The minimum Gasteiger partial charge on any atom is -0.372 e. The van der Waals surface area contributed by atoms with Crippen LogP contribution in [0.4, 0.5) is 5.69 Å². The van der Waals surface area contributed by atoms with E-state index >= 15 is 0 Å². The minimum atomic E-state index is 1.19. The van der Waals surface area contributed by atoms with Gasteiger partial charge in [-0.3, -0.25) is 0 Å². The fourth-order valence-electron chi connectivity index (χ4n) is 4.73. The SMILES string of the molecule is C1=CC(=[N+]2CCCC2)C=CC1=C(c1ccccc1)c1ccc(N2CCCC2)cc1. The fraction of sp³-hybridized carbons (Fsp3) is 0.296. The molecule has 0 spiro atoms. The third-order valence-electron chi connectivity index (χ3n) is 6.32. The molecule has 2 heterocycles. The van der Waals surface area contributed by atoms with E-state index in [1.807, 2.05) is 0 Å². The molecular formula is C27H29N2+. The van der Waals surface area contributed by atoms with Gasteiger partial charge in [-0.2, -0.15) is 0 Å². The molecule has 0 saturated carbocycles. The van der Waals surface area contributed by atoms with Gasteiger partial charge < -0.3 is 4.90 Å². The predicted octanol–water partition coefficient (Wildman–Crippen LogP) is 5.46. The maximum Gasteiger partial charge on any atom is 0.199 e. The average molecular weight is 382 g/mol. The van der Waals surface area contributed by atoms with Crippen LogP contribution in [0.5, 0.6) is 0 Å². The maximum atomic E-state index is 2.50. The van der Waals surface area contributed by atoms with Gasteiger partial charge in [-0.1, -0.05) is 42.5 Å². The van der Waals surface area contributed by atoms with Gasteiger partial charge in [0.25, 0.3) is 0 Å². The number of rotatable bonds is 3. The number of hydrogen-bond acceptors (Lipinski definition) is 1. The Morgan fingerprint density at radius 3 is 1.93 bits per heavy atom. The summed E-state index contributed by atoms with van der Waals surface area (Å²) in [5.74, 6) is 0. The topological polar surface area (TPSA) is 6.25 Å². The normalized spacial score (nSPS) is 18.8. The van der Waals surface area contributed by atoms with Crippen LogP contribution in [0.25, 0.3) is 5.57 Å². The molecule has 146 valence electrons. The van der Waals surface area contributed by atoms with Gasteiger partial charge in [0.2, 0.25) is 0 Å². The van der Waals surface area contributed by atoms with Crippen LogP contribution in [0.2, 0.25) is 0 Å². The second-order valence-electron chi connectivity index (χ2n) is 8.22. The minimum absolute atomic E-state index is 1.19. The van der Waals surface area contributed by atoms with Crippen LogP contribution in [0.3, 0.4) is 0 Å². The molecule has 0 unspecified atom stereocenters. The van der Waals surface area contributed by atoms with Crippen LogP contribution in [-0.4, -0.2) is 36.5 Å². The maximum absolute atomic E-state index is 2.50. The van der Waals surface area contributed by atoms with Gasteiger partial charge >= 0.3 is 0 Å². The highest BCUT2D eigenvalue weighted by atomic mass is 15.1. The molecule has 0 aromatic heterocycles. The zero-order valence-corrected chi connectivity index (χ0v) is 17.1. The lowest BCUT2D eigenvalue weighted by molar-refractivity contribution is -0.504. The van der Waals surface area contributed by atoms with Crippen molar-refractivity contribution in [1.82, 2.24) is 0 Å². The molecule has 2 nitrogen and oxygen atoms in total. The van der Waals surface area contributed by atoms with Crippen LogP contribution < -0.4 is 4.90 Å². The second-order valence-corrected chi connectivity index (χ2v) is 8.22. The lowest BCUT2D eigenvalue weighted by Crippen LogP contribution is -2.17. The average Bonchev–Trinajstić information content (AvgIpc) is 3.51. The van der Waals surface area contributed by atoms with Crippen LogP contribution in [0.15, 0.2) is 84.5 Å². The molecule has 5 rings (SSSR count). The Kier molecular flexibility index (Phi) is 5.17. The molecule has 2 aromatic carbocycles. The van der Waals surface area contributed by atoms with Gasteiger partial charge in [0.1, 0.15) is 13.1 Å². The van der Waals surface area contributed by atoms with Crippen molar-refractivity contribution in [1.29, 1.82) is 0 Å². The monoisotopic (exact) mass is 381 g/mol. The molecule has 0 radical (unpaired) electrons. The quantitative estimate of drug-likeness (QED) is 0.640. The summed E-state index contributed by atoms with van der Waals surface area (Å²) >= 11 is 0. The van der Waals surface area contributed by atoms with Crippen molar-refractivity contribution in [3.8, 4) is 0 Å². The summed E-state index contributed by atoms with van der Waals surface area (Å²) in [5.41, 5.74) is 7.86. The summed E-state index contributed by atoms with van der Waals surface area (Å²) in [6, 6.07) is 20.0. The highest BCUT2D eigenvalue weighted by Gasteiger charge is 2.19. The number of nitrogens with zero attached hydrogens (tertiary/aromatic N) is 2. The molecule has 29 heavy (non-hydrogen) atoms. The Hall–Kier alpha value is -2.87. The largest absolute Gasteiger partial charge is 0.372 e. The van der Waals surface area contributed by atoms with Gasteiger partial charge in [0, 0.05) is 43.8 Å². The molecule has 2 aliphatic heterocycles. The molecule has 0 amide bonds. The van der Waals surface area contributed by atoms with Gasteiger partial charge in [0.05, 0.1) is 0 Å². The van der Waals surface area contributed by atoms with E-state index in [4.69, 9.17) is 0 Å². The van der Waals surface area contributed by atoms with Crippen molar-refractivity contribution >= 4 is 17.0 Å². The van der Waals surface area contributed by atoms with Gasteiger partial charge in [-0.05, 0) is 59.4 Å². The van der Waals surface area contributed by atoms with E-state index in [1.165, 1.54) is 85.5 Å². The zero-order valence-electron chi connectivity index (χ0n) is 17.1. The number of hydrogen-bond donors (Lipinski definition) is 0. The molecular weight excluding hydrogens is 352 g/mol. The summed E-state index contributed by atoms with van der Waals surface area (Å²) in [6.45, 7) is 4.75. The molecule has 0 atom stereocenters. The van der Waals surface area contributed by atoms with Gasteiger partial charge in [0.15, 0.2) is 5.71 Å². The molecule has 0 bridgehead atoms. The Morgan fingerprint density at radius 1 is 0.655 bits per heavy atom. The number of anilines is 1. The summed E-state index contributed by atoms with van der Waals surface area (Å²) in [7, 11) is 0. The predicted molar refractivity (Wildman–Crippen MR) is 123 cm³/mol. The second kappa shape index (κ2) is 8.24. The highest BCUT2D eigenvalue weighted by molar-refractivity contribution is 6.04. The molecule has 2 heteroatoms. The Balaban J connectivity index is 1.53. The van der Waals surface area contributed by atoms with Crippen LogP contribution in [0.1, 0.15) is 36.8 Å². The molecule has 0 N–H and O–H groups in total. The van der Waals surface area contributed by atoms with E-state index < -0.39 is 0 Å². The van der Waals surface area contributed by atoms with Crippen molar-refractivity contribution in [2.75, 3.05) is 31.1 Å². The summed E-state index contributed by atoms with van der Waals surface area (Å²) in [4.78, 5) is 2.50. The molecule has 2 saturated heterocycles. The molecule has 2 fully saturated rings. The number of allylic oxidation sites excluding steroid dienone is 5. The van der Waals surface area contributed by atoms with Crippen molar-refractivity contribution < 1.29 is 4.58 Å². The summed E-state index contributed by atoms with van der Waals surface area (Å²) in [5, 5.41) is 0. The zero-order chi connectivity index (χ0) is 19.5. The summed E-state index contributed by atoms with van der Waals surface area (Å²) in [6.07, 6.45) is 14.4. The van der Waals surface area contributed by atoms with Gasteiger partial charge in [-0.15, -0.1) is 0 Å². The highest BCUT2D eigenvalue weighted by Crippen LogP contribution is 2.31. The lowest BCUT2D eigenvalue weighted by atomic mass is 9.90. The third-order valence-corrected chi connectivity index (χ3v) is 6.32. The Labute approximate surface area is 174 Å². The molecule has 3 aliphatic rings. The first-order valence-corrected chi connectivity index (χ1v) is 11.0. The first-order valence-electron chi connectivity index (χ1n) is 11.0. The molecule has 1 aliphatic carbocycles. The van der Waals surface area contributed by atoms with Crippen molar-refractivity contribution in [3.63, 3.8) is 0 Å². The summed E-state index contributed by atoms with van der Waals surface area (Å²) < 4.78 is 2.50. The van der Waals surface area contributed by atoms with Crippen LogP contribution in [0, 0.1) is 0 Å². The first kappa shape index (κ1) is 18.2. The molecule has 2 aromatic rings. The van der Waals surface area contributed by atoms with Crippen molar-refractivity contribution in [2.45, 2.75) is 25.7 Å². The number of benzene rings is 2. The van der Waals surface area contributed by atoms with Crippen molar-refractivity contribution in [2.24, 2.45) is 0 Å². The standard InChI is InChI=1S/C27H29N2/c1-2-8-22(9-3-1)27(23-10-14-25(15-11-23)28-18-4-5-19-28)24-12-16-26(17-13-24)29-20-6-7-21-29/h1-3,8-17H,4-7,18-21H2/q+1. The lowest BCUT2D eigenvalue weighted by Gasteiger charge is -2.19. The van der Waals surface area contributed by atoms with Crippen LogP contribution >= 0.6 is 0 Å². The first-order chi connectivity index (χ1) is 14.4. The van der Waals surface area contributed by atoms with E-state index in [-0.39, 0.29) is 0 Å². The third kappa shape index (κ3) is 3.85. The van der Waals surface area contributed by atoms with E-state index in [9.17, 15) is 0 Å². The Bertz CT molecular complexity index is 959. The van der Waals surface area contributed by atoms with E-state index in [2.05, 4.69) is 88.4 Å². The van der Waals surface area contributed by atoms with E-state index in [1.54, 1.807) is 0 Å². The van der Waals surface area contributed by atoms with E-state index in [0.29, 0.717) is 0 Å². The fourth-order valence-corrected chi connectivity index (χ4v) is 4.73. The van der Waals surface area contributed by atoms with Crippen molar-refractivity contribution in [3.05, 3.63) is 95.6 Å². The Morgan fingerprint density at radius 2 is 1.28 bits per heavy atom. The van der Waals surface area contributed by atoms with Crippen LogP contribution in [-0.2, 0) is 0 Å². The van der Waals surface area contributed by atoms with E-state index in [0.717, 1.165) is 0 Å².